The van der Waals surface area contributed by atoms with Crippen LogP contribution in [0, 0.1) is 0 Å². The van der Waals surface area contributed by atoms with Crippen molar-refractivity contribution in [1.29, 1.82) is 0 Å². The van der Waals surface area contributed by atoms with E-state index < -0.39 is 6.10 Å². The van der Waals surface area contributed by atoms with Gasteiger partial charge in [0.2, 0.25) is 0 Å². The molecule has 1 heterocycles. The average Bonchev–Trinajstić information content (AvgIpc) is 2.50. The van der Waals surface area contributed by atoms with Crippen LogP contribution in [0.4, 0.5) is 5.69 Å². The zero-order chi connectivity index (χ0) is 11.4. The number of nitrogen functional groups attached to an aromatic ring is 1. The quantitative estimate of drug-likeness (QED) is 0.730. The normalized spacial score (nSPS) is 13.7. The van der Waals surface area contributed by atoms with Gasteiger partial charge in [0.15, 0.2) is 0 Å². The average molecular weight is 212 g/mol. The molecule has 0 aliphatic heterocycles. The van der Waals surface area contributed by atoms with E-state index in [-0.39, 0.29) is 0 Å². The second kappa shape index (κ2) is 5.14. The molecule has 1 aromatic heterocycles. The summed E-state index contributed by atoms with van der Waals surface area (Å²) in [5, 5.41) is 13.8. The topological polar surface area (TPSA) is 67.3 Å². The van der Waals surface area contributed by atoms with Crippen molar-refractivity contribution in [2.45, 2.75) is 32.5 Å². The molecule has 1 rings (SSSR count). The second-order valence-electron chi connectivity index (χ2n) is 4.18. The Balaban J connectivity index is 2.39. The Morgan fingerprint density at radius 2 is 2.27 bits per heavy atom. The standard InChI is InChI=1S/C10H20N4O/c1-8(2)13(3)6-10(15)7-14-5-9(11)4-12-14/h4-5,8,10,15H,6-7,11H2,1-3H3. The maximum absolute atomic E-state index is 9.79. The number of rotatable bonds is 5. The van der Waals surface area contributed by atoms with Crippen molar-refractivity contribution in [3.63, 3.8) is 0 Å². The molecule has 0 fully saturated rings. The van der Waals surface area contributed by atoms with Crippen LogP contribution in [0.1, 0.15) is 13.8 Å². The van der Waals surface area contributed by atoms with Crippen molar-refractivity contribution in [3.05, 3.63) is 12.4 Å². The van der Waals surface area contributed by atoms with Gasteiger partial charge in [0.1, 0.15) is 0 Å². The number of hydrogen-bond donors (Lipinski definition) is 2. The molecule has 0 aliphatic rings. The third-order valence-electron chi connectivity index (χ3n) is 2.43. The summed E-state index contributed by atoms with van der Waals surface area (Å²) in [7, 11) is 1.99. The number of nitrogens with zero attached hydrogens (tertiary/aromatic N) is 3. The molecule has 0 saturated heterocycles. The summed E-state index contributed by atoms with van der Waals surface area (Å²) < 4.78 is 1.66. The lowest BCUT2D eigenvalue weighted by atomic mass is 10.3. The molecule has 0 bridgehead atoms. The van der Waals surface area contributed by atoms with Gasteiger partial charge in [-0.25, -0.2) is 0 Å². The predicted molar refractivity (Wildman–Crippen MR) is 60.4 cm³/mol. The van der Waals surface area contributed by atoms with Gasteiger partial charge in [-0.3, -0.25) is 4.68 Å². The number of aliphatic hydroxyl groups is 1. The van der Waals surface area contributed by atoms with Crippen LogP contribution in [0.15, 0.2) is 12.4 Å². The molecule has 0 aromatic carbocycles. The third kappa shape index (κ3) is 3.89. The lowest BCUT2D eigenvalue weighted by Crippen LogP contribution is -2.36. The van der Waals surface area contributed by atoms with E-state index >= 15 is 0 Å². The highest BCUT2D eigenvalue weighted by Crippen LogP contribution is 2.01. The molecule has 1 aromatic rings. The van der Waals surface area contributed by atoms with Gasteiger partial charge < -0.3 is 15.7 Å². The van der Waals surface area contributed by atoms with Gasteiger partial charge in [-0.1, -0.05) is 0 Å². The van der Waals surface area contributed by atoms with Crippen LogP contribution in [0.3, 0.4) is 0 Å². The maximum atomic E-state index is 9.79. The first-order valence-corrected chi connectivity index (χ1v) is 5.15. The van der Waals surface area contributed by atoms with Crippen molar-refractivity contribution in [1.82, 2.24) is 14.7 Å². The Morgan fingerprint density at radius 1 is 1.60 bits per heavy atom. The number of aliphatic hydroxyl groups excluding tert-OH is 1. The van der Waals surface area contributed by atoms with Crippen LogP contribution in [-0.2, 0) is 6.54 Å². The smallest absolute Gasteiger partial charge is 0.0862 e. The molecule has 1 unspecified atom stereocenters. The van der Waals surface area contributed by atoms with E-state index in [1.165, 1.54) is 0 Å². The zero-order valence-corrected chi connectivity index (χ0v) is 9.59. The van der Waals surface area contributed by atoms with Crippen molar-refractivity contribution in [2.24, 2.45) is 0 Å². The molecule has 15 heavy (non-hydrogen) atoms. The minimum atomic E-state index is -0.420. The molecule has 86 valence electrons. The number of anilines is 1. The second-order valence-corrected chi connectivity index (χ2v) is 4.18. The molecule has 1 atom stereocenters. The first kappa shape index (κ1) is 12.0. The Bertz CT molecular complexity index is 297. The monoisotopic (exact) mass is 212 g/mol. The minimum Gasteiger partial charge on any atom is -0.396 e. The van der Waals surface area contributed by atoms with Gasteiger partial charge >= 0.3 is 0 Å². The summed E-state index contributed by atoms with van der Waals surface area (Å²) in [5.74, 6) is 0. The molecular weight excluding hydrogens is 192 g/mol. The van der Waals surface area contributed by atoms with Crippen LogP contribution < -0.4 is 5.73 Å². The first-order valence-electron chi connectivity index (χ1n) is 5.15. The SMILES string of the molecule is CC(C)N(C)CC(O)Cn1cc(N)cn1. The van der Waals surface area contributed by atoms with Gasteiger partial charge in [0, 0.05) is 18.8 Å². The molecule has 0 saturated carbocycles. The van der Waals surface area contributed by atoms with Gasteiger partial charge in [0.25, 0.3) is 0 Å². The van der Waals surface area contributed by atoms with Crippen LogP contribution in [-0.4, -0.2) is 45.5 Å². The fourth-order valence-electron chi connectivity index (χ4n) is 1.30. The molecule has 0 radical (unpaired) electrons. The third-order valence-corrected chi connectivity index (χ3v) is 2.43. The number of likely N-dealkylation sites (N-methyl/N-ethyl adjacent to an activating group) is 1. The fourth-order valence-corrected chi connectivity index (χ4v) is 1.30. The van der Waals surface area contributed by atoms with Crippen molar-refractivity contribution in [2.75, 3.05) is 19.3 Å². The number of nitrogens with two attached hydrogens (primary N) is 1. The summed E-state index contributed by atoms with van der Waals surface area (Å²) in [4.78, 5) is 2.09. The highest BCUT2D eigenvalue weighted by Gasteiger charge is 2.11. The molecule has 5 nitrogen and oxygen atoms in total. The van der Waals surface area contributed by atoms with E-state index in [0.29, 0.717) is 24.8 Å². The van der Waals surface area contributed by atoms with Crippen LogP contribution in [0.5, 0.6) is 0 Å². The largest absolute Gasteiger partial charge is 0.396 e. The molecule has 5 heteroatoms. The lowest BCUT2D eigenvalue weighted by molar-refractivity contribution is 0.0943. The van der Waals surface area contributed by atoms with E-state index in [0.717, 1.165) is 0 Å². The Morgan fingerprint density at radius 3 is 2.73 bits per heavy atom. The Hall–Kier alpha value is -1.07. The van der Waals surface area contributed by atoms with Gasteiger partial charge in [-0.15, -0.1) is 0 Å². The zero-order valence-electron chi connectivity index (χ0n) is 9.59. The molecular formula is C10H20N4O. The Kier molecular flexibility index (Phi) is 4.11. The lowest BCUT2D eigenvalue weighted by Gasteiger charge is -2.23. The molecule has 0 amide bonds. The van der Waals surface area contributed by atoms with Crippen LogP contribution in [0.2, 0.25) is 0 Å². The van der Waals surface area contributed by atoms with Gasteiger partial charge in [0.05, 0.1) is 24.5 Å². The molecule has 0 spiro atoms. The van der Waals surface area contributed by atoms with Crippen molar-refractivity contribution in [3.8, 4) is 0 Å². The summed E-state index contributed by atoms with van der Waals surface area (Å²) >= 11 is 0. The van der Waals surface area contributed by atoms with E-state index in [1.807, 2.05) is 7.05 Å². The highest BCUT2D eigenvalue weighted by molar-refractivity contribution is 5.30. The van der Waals surface area contributed by atoms with E-state index in [1.54, 1.807) is 17.1 Å². The molecule has 0 aliphatic carbocycles. The summed E-state index contributed by atoms with van der Waals surface area (Å²) in [6.45, 7) is 5.31. The van der Waals surface area contributed by atoms with Gasteiger partial charge in [-0.05, 0) is 20.9 Å². The number of hydrogen-bond acceptors (Lipinski definition) is 4. The van der Waals surface area contributed by atoms with E-state index in [2.05, 4.69) is 23.8 Å². The highest BCUT2D eigenvalue weighted by atomic mass is 16.3. The van der Waals surface area contributed by atoms with Gasteiger partial charge in [-0.2, -0.15) is 5.10 Å². The predicted octanol–water partition coefficient (Wildman–Crippen LogP) is 0.166. The Labute approximate surface area is 90.5 Å². The fraction of sp³-hybridized carbons (Fsp3) is 0.700. The number of aromatic nitrogens is 2. The minimum absolute atomic E-state index is 0.420. The summed E-state index contributed by atoms with van der Waals surface area (Å²) in [6, 6.07) is 0.433. The maximum Gasteiger partial charge on any atom is 0.0862 e. The molecule has 3 N–H and O–H groups in total. The van der Waals surface area contributed by atoms with Crippen molar-refractivity contribution < 1.29 is 5.11 Å². The van der Waals surface area contributed by atoms with Crippen LogP contribution >= 0.6 is 0 Å². The summed E-state index contributed by atoms with van der Waals surface area (Å²) in [6.07, 6.45) is 2.88. The first-order chi connectivity index (χ1) is 6.99. The van der Waals surface area contributed by atoms with E-state index in [9.17, 15) is 5.11 Å². The van der Waals surface area contributed by atoms with Crippen LogP contribution in [0.25, 0.3) is 0 Å². The summed E-state index contributed by atoms with van der Waals surface area (Å²) in [5.41, 5.74) is 6.15. The van der Waals surface area contributed by atoms with Crippen molar-refractivity contribution >= 4 is 5.69 Å². The van der Waals surface area contributed by atoms with E-state index in [4.69, 9.17) is 5.73 Å².